The van der Waals surface area contributed by atoms with E-state index >= 15 is 0 Å². The van der Waals surface area contributed by atoms with Crippen molar-refractivity contribution in [3.8, 4) is 0 Å². The maximum Gasteiger partial charge on any atom is 0.128 e. The molecule has 4 N–H and O–H groups in total. The number of hydrogen-bond donors (Lipinski definition) is 3. The number of benzene rings is 1. The van der Waals surface area contributed by atoms with E-state index in [1.807, 2.05) is 6.92 Å². The van der Waals surface area contributed by atoms with Crippen LogP contribution in [0, 0.1) is 5.82 Å². The van der Waals surface area contributed by atoms with Crippen molar-refractivity contribution >= 4 is 11.6 Å². The van der Waals surface area contributed by atoms with Crippen molar-refractivity contribution in [1.29, 1.82) is 0 Å². The molecule has 1 aromatic carbocycles. The van der Waals surface area contributed by atoms with Crippen molar-refractivity contribution in [1.82, 2.24) is 5.32 Å². The molecule has 1 aromatic rings. The van der Waals surface area contributed by atoms with E-state index in [9.17, 15) is 4.39 Å². The Morgan fingerprint density at radius 1 is 1.50 bits per heavy atom. The van der Waals surface area contributed by atoms with Crippen molar-refractivity contribution in [3.63, 3.8) is 0 Å². The summed E-state index contributed by atoms with van der Waals surface area (Å²) in [6.45, 7) is 2.44. The van der Waals surface area contributed by atoms with E-state index in [1.165, 1.54) is 12.1 Å². The first-order valence-electron chi connectivity index (χ1n) is 6.10. The standard InChI is InChI=1S/C13H20ClFN2O/c1-9(3-2-6-18)17-13(8-16)11-7-10(14)4-5-12(11)15/h4-5,7,9,13,17-18H,2-3,6,8,16H2,1H3. The summed E-state index contributed by atoms with van der Waals surface area (Å²) in [7, 11) is 0. The lowest BCUT2D eigenvalue weighted by Gasteiger charge is -2.23. The molecule has 0 aliphatic carbocycles. The third kappa shape index (κ3) is 4.53. The molecule has 0 aliphatic rings. The largest absolute Gasteiger partial charge is 0.396 e. The highest BCUT2D eigenvalue weighted by atomic mass is 35.5. The van der Waals surface area contributed by atoms with Crippen LogP contribution in [0.5, 0.6) is 0 Å². The Bertz CT molecular complexity index is 376. The van der Waals surface area contributed by atoms with Gasteiger partial charge in [-0.3, -0.25) is 0 Å². The Hall–Kier alpha value is -0.680. The summed E-state index contributed by atoms with van der Waals surface area (Å²) in [4.78, 5) is 0. The lowest BCUT2D eigenvalue weighted by Crippen LogP contribution is -2.35. The van der Waals surface area contributed by atoms with Crippen LogP contribution in [0.25, 0.3) is 0 Å². The highest BCUT2D eigenvalue weighted by Gasteiger charge is 2.16. The van der Waals surface area contributed by atoms with Crippen LogP contribution >= 0.6 is 11.6 Å². The Labute approximate surface area is 112 Å². The summed E-state index contributed by atoms with van der Waals surface area (Å²) < 4.78 is 13.7. The van der Waals surface area contributed by atoms with E-state index in [1.54, 1.807) is 6.07 Å². The summed E-state index contributed by atoms with van der Waals surface area (Å²) >= 11 is 5.87. The maximum absolute atomic E-state index is 13.7. The average Bonchev–Trinajstić information content (AvgIpc) is 2.36. The molecule has 0 fully saturated rings. The maximum atomic E-state index is 13.7. The summed E-state index contributed by atoms with van der Waals surface area (Å²) in [5, 5.41) is 12.5. The second kappa shape index (κ2) is 7.69. The Morgan fingerprint density at radius 2 is 2.22 bits per heavy atom. The molecule has 3 nitrogen and oxygen atoms in total. The van der Waals surface area contributed by atoms with Gasteiger partial charge in [-0.2, -0.15) is 0 Å². The van der Waals surface area contributed by atoms with Crippen LogP contribution in [-0.2, 0) is 0 Å². The van der Waals surface area contributed by atoms with Gasteiger partial charge in [0.2, 0.25) is 0 Å². The molecule has 0 saturated carbocycles. The molecule has 102 valence electrons. The van der Waals surface area contributed by atoms with E-state index in [0.29, 0.717) is 23.6 Å². The van der Waals surface area contributed by atoms with Crippen molar-refractivity contribution in [2.24, 2.45) is 5.73 Å². The summed E-state index contributed by atoms with van der Waals surface area (Å²) in [6, 6.07) is 4.35. The minimum Gasteiger partial charge on any atom is -0.396 e. The summed E-state index contributed by atoms with van der Waals surface area (Å²) in [5.74, 6) is -0.309. The molecule has 0 radical (unpaired) electrons. The number of halogens is 2. The fraction of sp³-hybridized carbons (Fsp3) is 0.538. The molecule has 0 aliphatic heterocycles. The van der Waals surface area contributed by atoms with Crippen molar-refractivity contribution in [3.05, 3.63) is 34.6 Å². The Kier molecular flexibility index (Phi) is 6.57. The zero-order valence-electron chi connectivity index (χ0n) is 10.5. The second-order valence-corrected chi connectivity index (χ2v) is 4.82. The third-order valence-electron chi connectivity index (χ3n) is 2.85. The van der Waals surface area contributed by atoms with Crippen molar-refractivity contribution < 1.29 is 9.50 Å². The van der Waals surface area contributed by atoms with Gasteiger partial charge in [0.15, 0.2) is 0 Å². The number of hydrogen-bond acceptors (Lipinski definition) is 3. The first kappa shape index (κ1) is 15.4. The SMILES string of the molecule is CC(CCCO)NC(CN)c1cc(Cl)ccc1F. The fourth-order valence-corrected chi connectivity index (χ4v) is 2.07. The first-order chi connectivity index (χ1) is 8.58. The molecule has 2 unspecified atom stereocenters. The van der Waals surface area contributed by atoms with E-state index in [0.717, 1.165) is 6.42 Å². The van der Waals surface area contributed by atoms with Crippen LogP contribution in [-0.4, -0.2) is 24.3 Å². The van der Waals surface area contributed by atoms with Crippen LogP contribution in [0.4, 0.5) is 4.39 Å². The van der Waals surface area contributed by atoms with Gasteiger partial charge in [0.05, 0.1) is 0 Å². The molecule has 0 amide bonds. The summed E-state index contributed by atoms with van der Waals surface area (Å²) in [5.41, 5.74) is 6.17. The monoisotopic (exact) mass is 274 g/mol. The first-order valence-corrected chi connectivity index (χ1v) is 6.48. The topological polar surface area (TPSA) is 58.3 Å². The van der Waals surface area contributed by atoms with Gasteiger partial charge in [0, 0.05) is 35.8 Å². The van der Waals surface area contributed by atoms with E-state index in [-0.39, 0.29) is 24.5 Å². The van der Waals surface area contributed by atoms with Crippen LogP contribution in [0.1, 0.15) is 31.4 Å². The second-order valence-electron chi connectivity index (χ2n) is 4.39. The smallest absolute Gasteiger partial charge is 0.128 e. The van der Waals surface area contributed by atoms with Gasteiger partial charge in [-0.25, -0.2) is 4.39 Å². The molecule has 0 aromatic heterocycles. The summed E-state index contributed by atoms with van der Waals surface area (Å²) in [6.07, 6.45) is 1.53. The normalized spacial score (nSPS) is 14.5. The molecule has 5 heteroatoms. The predicted octanol–water partition coefficient (Wildman–Crippen LogP) is 2.23. The zero-order chi connectivity index (χ0) is 13.5. The Morgan fingerprint density at radius 3 is 2.83 bits per heavy atom. The molecular weight excluding hydrogens is 255 g/mol. The molecule has 18 heavy (non-hydrogen) atoms. The van der Waals surface area contributed by atoms with E-state index in [4.69, 9.17) is 22.4 Å². The number of nitrogens with two attached hydrogens (primary N) is 1. The molecule has 2 atom stereocenters. The minimum atomic E-state index is -0.309. The number of rotatable bonds is 7. The van der Waals surface area contributed by atoms with Crippen LogP contribution in [0.15, 0.2) is 18.2 Å². The van der Waals surface area contributed by atoms with E-state index in [2.05, 4.69) is 5.32 Å². The van der Waals surface area contributed by atoms with Gasteiger partial charge in [-0.15, -0.1) is 0 Å². The fourth-order valence-electron chi connectivity index (χ4n) is 1.89. The van der Waals surface area contributed by atoms with Crippen LogP contribution in [0.2, 0.25) is 5.02 Å². The zero-order valence-corrected chi connectivity index (χ0v) is 11.3. The molecule has 0 bridgehead atoms. The number of aliphatic hydroxyl groups is 1. The highest BCUT2D eigenvalue weighted by Crippen LogP contribution is 2.21. The average molecular weight is 275 g/mol. The van der Waals surface area contributed by atoms with Gasteiger partial charge in [-0.1, -0.05) is 11.6 Å². The Balaban J connectivity index is 2.73. The van der Waals surface area contributed by atoms with Crippen molar-refractivity contribution in [2.75, 3.05) is 13.2 Å². The van der Waals surface area contributed by atoms with Gasteiger partial charge >= 0.3 is 0 Å². The predicted molar refractivity (Wildman–Crippen MR) is 72.1 cm³/mol. The third-order valence-corrected chi connectivity index (χ3v) is 3.09. The molecule has 1 rings (SSSR count). The van der Waals surface area contributed by atoms with Gasteiger partial charge in [0.25, 0.3) is 0 Å². The molecular formula is C13H20ClFN2O. The lowest BCUT2D eigenvalue weighted by atomic mass is 10.0. The molecule has 0 heterocycles. The van der Waals surface area contributed by atoms with Gasteiger partial charge in [-0.05, 0) is 38.0 Å². The van der Waals surface area contributed by atoms with Gasteiger partial charge < -0.3 is 16.2 Å². The van der Waals surface area contributed by atoms with Crippen molar-refractivity contribution in [2.45, 2.75) is 31.8 Å². The quantitative estimate of drug-likeness (QED) is 0.715. The number of aliphatic hydroxyl groups excluding tert-OH is 1. The van der Waals surface area contributed by atoms with Crippen LogP contribution < -0.4 is 11.1 Å². The minimum absolute atomic E-state index is 0.157. The lowest BCUT2D eigenvalue weighted by molar-refractivity contribution is 0.273. The molecule has 0 saturated heterocycles. The number of nitrogens with one attached hydrogen (secondary N) is 1. The van der Waals surface area contributed by atoms with E-state index < -0.39 is 0 Å². The highest BCUT2D eigenvalue weighted by molar-refractivity contribution is 6.30. The van der Waals surface area contributed by atoms with Gasteiger partial charge in [0.1, 0.15) is 5.82 Å². The molecule has 0 spiro atoms. The van der Waals surface area contributed by atoms with Crippen LogP contribution in [0.3, 0.4) is 0 Å².